The molecule has 0 aliphatic heterocycles. The van der Waals surface area contributed by atoms with Crippen LogP contribution in [0.3, 0.4) is 0 Å². The van der Waals surface area contributed by atoms with Gasteiger partial charge in [-0.3, -0.25) is 4.79 Å². The molecule has 0 aliphatic carbocycles. The second-order valence-electron chi connectivity index (χ2n) is 4.44. The van der Waals surface area contributed by atoms with Gasteiger partial charge >= 0.3 is 6.18 Å². The lowest BCUT2D eigenvalue weighted by Gasteiger charge is -2.03. The van der Waals surface area contributed by atoms with E-state index in [0.29, 0.717) is 11.1 Å². The van der Waals surface area contributed by atoms with E-state index in [-0.39, 0.29) is 4.96 Å². The molecule has 0 fully saturated rings. The number of rotatable bonds is 1. The Morgan fingerprint density at radius 3 is 2.48 bits per heavy atom. The standard InChI is InChI=1S/C13H8F3N3OS/c1-7-2-4-8(5-3-7)11-18-19-10(20)6-9(13(14,15)16)17-12(19)21-11/h2-6H,1H3. The highest BCUT2D eigenvalue weighted by molar-refractivity contribution is 7.19. The molecule has 0 aliphatic rings. The number of hydrogen-bond acceptors (Lipinski definition) is 4. The molecule has 0 radical (unpaired) electrons. The second-order valence-corrected chi connectivity index (χ2v) is 5.40. The quantitative estimate of drug-likeness (QED) is 0.693. The molecule has 0 amide bonds. The first-order valence-corrected chi connectivity index (χ1v) is 6.71. The average Bonchev–Trinajstić information content (AvgIpc) is 2.83. The smallest absolute Gasteiger partial charge is 0.267 e. The van der Waals surface area contributed by atoms with Crippen molar-refractivity contribution in [1.82, 2.24) is 14.6 Å². The molecule has 1 aromatic carbocycles. The van der Waals surface area contributed by atoms with Crippen molar-refractivity contribution in [2.75, 3.05) is 0 Å². The molecule has 0 N–H and O–H groups in total. The van der Waals surface area contributed by atoms with Gasteiger partial charge < -0.3 is 0 Å². The second kappa shape index (κ2) is 4.66. The summed E-state index contributed by atoms with van der Waals surface area (Å²) in [5.41, 5.74) is -0.271. The van der Waals surface area contributed by atoms with Gasteiger partial charge in [-0.05, 0) is 6.92 Å². The van der Waals surface area contributed by atoms with Gasteiger partial charge in [0.15, 0.2) is 5.69 Å². The summed E-state index contributed by atoms with van der Waals surface area (Å²) >= 11 is 0.941. The van der Waals surface area contributed by atoms with E-state index in [1.165, 1.54) is 0 Å². The fraction of sp³-hybridized carbons (Fsp3) is 0.154. The number of aromatic nitrogens is 3. The molecular formula is C13H8F3N3OS. The number of benzene rings is 1. The molecule has 0 bridgehead atoms. The molecule has 3 rings (SSSR count). The molecule has 108 valence electrons. The summed E-state index contributed by atoms with van der Waals surface area (Å²) in [6.45, 7) is 1.92. The number of alkyl halides is 3. The topological polar surface area (TPSA) is 47.3 Å². The summed E-state index contributed by atoms with van der Waals surface area (Å²) in [5, 5.41) is 4.47. The van der Waals surface area contributed by atoms with Crippen LogP contribution in [0.1, 0.15) is 11.3 Å². The minimum absolute atomic E-state index is 0.0783. The van der Waals surface area contributed by atoms with E-state index in [1.807, 2.05) is 19.1 Å². The predicted molar refractivity (Wildman–Crippen MR) is 72.3 cm³/mol. The Labute approximate surface area is 120 Å². The maximum absolute atomic E-state index is 12.6. The number of halogens is 3. The van der Waals surface area contributed by atoms with E-state index in [4.69, 9.17) is 0 Å². The molecule has 2 heterocycles. The van der Waals surface area contributed by atoms with Crippen LogP contribution in [0, 0.1) is 6.92 Å². The third-order valence-electron chi connectivity index (χ3n) is 2.83. The van der Waals surface area contributed by atoms with Gasteiger partial charge in [-0.15, -0.1) is 0 Å². The van der Waals surface area contributed by atoms with E-state index in [2.05, 4.69) is 10.1 Å². The molecule has 0 atom stereocenters. The largest absolute Gasteiger partial charge is 0.433 e. The van der Waals surface area contributed by atoms with Crippen molar-refractivity contribution < 1.29 is 13.2 Å². The highest BCUT2D eigenvalue weighted by Crippen LogP contribution is 2.29. The van der Waals surface area contributed by atoms with E-state index < -0.39 is 17.4 Å². The third kappa shape index (κ3) is 2.54. The number of fused-ring (bicyclic) bond motifs is 1. The van der Waals surface area contributed by atoms with Crippen molar-refractivity contribution in [3.63, 3.8) is 0 Å². The predicted octanol–water partition coefficient (Wildman–Crippen LogP) is 3.15. The van der Waals surface area contributed by atoms with E-state index in [9.17, 15) is 18.0 Å². The Morgan fingerprint density at radius 2 is 1.86 bits per heavy atom. The fourth-order valence-corrected chi connectivity index (χ4v) is 2.68. The maximum atomic E-state index is 12.6. The Bertz CT molecular complexity index is 865. The normalized spacial score (nSPS) is 12.0. The average molecular weight is 311 g/mol. The molecule has 8 heteroatoms. The summed E-state index contributed by atoms with van der Waals surface area (Å²) in [4.78, 5) is 15.1. The zero-order valence-corrected chi connectivity index (χ0v) is 11.5. The molecule has 21 heavy (non-hydrogen) atoms. The summed E-state index contributed by atoms with van der Waals surface area (Å²) in [5.74, 6) is 0. The molecule has 2 aromatic heterocycles. The Kier molecular flexibility index (Phi) is 3.05. The summed E-state index contributed by atoms with van der Waals surface area (Å²) in [7, 11) is 0. The molecule has 3 aromatic rings. The van der Waals surface area contributed by atoms with Crippen LogP contribution in [-0.2, 0) is 6.18 Å². The van der Waals surface area contributed by atoms with Crippen LogP contribution in [0.5, 0.6) is 0 Å². The van der Waals surface area contributed by atoms with Crippen LogP contribution < -0.4 is 5.56 Å². The van der Waals surface area contributed by atoms with Gasteiger partial charge in [0, 0.05) is 11.6 Å². The van der Waals surface area contributed by atoms with Crippen LogP contribution in [0.25, 0.3) is 15.5 Å². The van der Waals surface area contributed by atoms with Gasteiger partial charge in [-0.1, -0.05) is 41.2 Å². The summed E-state index contributed by atoms with van der Waals surface area (Å²) < 4.78 is 38.8. The number of aryl methyl sites for hydroxylation is 1. The summed E-state index contributed by atoms with van der Waals surface area (Å²) in [6, 6.07) is 7.76. The van der Waals surface area contributed by atoms with Gasteiger partial charge in [0.2, 0.25) is 4.96 Å². The molecule has 0 saturated heterocycles. The van der Waals surface area contributed by atoms with Crippen molar-refractivity contribution >= 4 is 16.3 Å². The number of nitrogens with zero attached hydrogens (tertiary/aromatic N) is 3. The van der Waals surface area contributed by atoms with Crippen molar-refractivity contribution in [3.05, 3.63) is 51.9 Å². The molecule has 0 saturated carbocycles. The highest BCUT2D eigenvalue weighted by atomic mass is 32.1. The van der Waals surface area contributed by atoms with Gasteiger partial charge in [0.25, 0.3) is 5.56 Å². The van der Waals surface area contributed by atoms with Crippen molar-refractivity contribution in [3.8, 4) is 10.6 Å². The van der Waals surface area contributed by atoms with Crippen LogP contribution in [-0.4, -0.2) is 14.6 Å². The fourth-order valence-electron chi connectivity index (χ4n) is 1.77. The summed E-state index contributed by atoms with van der Waals surface area (Å²) in [6.07, 6.45) is -4.65. The minimum atomic E-state index is -4.65. The number of hydrogen-bond donors (Lipinski definition) is 0. The van der Waals surface area contributed by atoms with Gasteiger partial charge in [-0.25, -0.2) is 4.98 Å². The van der Waals surface area contributed by atoms with Crippen molar-refractivity contribution in [2.24, 2.45) is 0 Å². The molecule has 0 spiro atoms. The first kappa shape index (κ1) is 13.7. The van der Waals surface area contributed by atoms with Crippen LogP contribution in [0.15, 0.2) is 35.1 Å². The minimum Gasteiger partial charge on any atom is -0.267 e. The highest BCUT2D eigenvalue weighted by Gasteiger charge is 2.33. The molecule has 4 nitrogen and oxygen atoms in total. The van der Waals surface area contributed by atoms with Gasteiger partial charge in [-0.2, -0.15) is 22.8 Å². The SMILES string of the molecule is Cc1ccc(-c2nn3c(=O)cc(C(F)(F)F)nc3s2)cc1. The zero-order valence-electron chi connectivity index (χ0n) is 10.7. The van der Waals surface area contributed by atoms with E-state index in [1.54, 1.807) is 12.1 Å². The van der Waals surface area contributed by atoms with Crippen molar-refractivity contribution in [2.45, 2.75) is 13.1 Å². The van der Waals surface area contributed by atoms with Crippen LogP contribution in [0.4, 0.5) is 13.2 Å². The lowest BCUT2D eigenvalue weighted by Crippen LogP contribution is -2.19. The van der Waals surface area contributed by atoms with Crippen molar-refractivity contribution in [1.29, 1.82) is 0 Å². The molecule has 0 unspecified atom stereocenters. The first-order valence-electron chi connectivity index (χ1n) is 5.90. The monoisotopic (exact) mass is 311 g/mol. The van der Waals surface area contributed by atoms with E-state index in [0.717, 1.165) is 27.0 Å². The van der Waals surface area contributed by atoms with E-state index >= 15 is 0 Å². The lowest BCUT2D eigenvalue weighted by atomic mass is 10.2. The Hall–Kier alpha value is -2.22. The van der Waals surface area contributed by atoms with Gasteiger partial charge in [0.05, 0.1) is 0 Å². The van der Waals surface area contributed by atoms with Gasteiger partial charge in [0.1, 0.15) is 5.01 Å². The maximum Gasteiger partial charge on any atom is 0.433 e. The zero-order chi connectivity index (χ0) is 15.2. The molecular weight excluding hydrogens is 303 g/mol. The van der Waals surface area contributed by atoms with Crippen LogP contribution >= 0.6 is 11.3 Å². The Balaban J connectivity index is 2.18. The first-order chi connectivity index (χ1) is 9.84. The lowest BCUT2D eigenvalue weighted by molar-refractivity contribution is -0.141. The Morgan fingerprint density at radius 1 is 1.19 bits per heavy atom. The third-order valence-corrected chi connectivity index (χ3v) is 3.79. The van der Waals surface area contributed by atoms with Crippen LogP contribution in [0.2, 0.25) is 0 Å².